The normalized spacial score (nSPS) is 9.68. The van der Waals surface area contributed by atoms with E-state index in [0.717, 1.165) is 0 Å². The Hall–Kier alpha value is -2.65. The first kappa shape index (κ1) is 12.8. The number of carbonyl (C=O) groups is 1. The number of nitrogens with zero attached hydrogens (tertiary/aromatic N) is 3. The molecule has 0 amide bonds. The van der Waals surface area contributed by atoms with Gasteiger partial charge in [0.15, 0.2) is 0 Å². The third kappa shape index (κ3) is 2.97. The van der Waals surface area contributed by atoms with Gasteiger partial charge in [-0.1, -0.05) is 11.6 Å². The van der Waals surface area contributed by atoms with Gasteiger partial charge in [-0.15, -0.1) is 0 Å². The van der Waals surface area contributed by atoms with Crippen LogP contribution in [0.25, 0.3) is 0 Å². The van der Waals surface area contributed by atoms with Gasteiger partial charge in [0.05, 0.1) is 10.6 Å². The number of carboxylic acids is 1. The molecule has 1 N–H and O–H groups in total. The minimum absolute atomic E-state index is 0.0379. The van der Waals surface area contributed by atoms with Gasteiger partial charge < -0.3 is 9.84 Å². The quantitative estimate of drug-likeness (QED) is 0.924. The maximum Gasteiger partial charge on any atom is 0.335 e. The van der Waals surface area contributed by atoms with Crippen molar-refractivity contribution in [2.24, 2.45) is 0 Å². The van der Waals surface area contributed by atoms with Crippen molar-refractivity contribution in [1.29, 1.82) is 5.26 Å². The van der Waals surface area contributed by atoms with E-state index in [0.29, 0.717) is 0 Å². The first-order valence-corrected chi connectivity index (χ1v) is 5.42. The lowest BCUT2D eigenvalue weighted by Crippen LogP contribution is -1.97. The van der Waals surface area contributed by atoms with Crippen molar-refractivity contribution in [1.82, 2.24) is 9.97 Å². The summed E-state index contributed by atoms with van der Waals surface area (Å²) in [6.45, 7) is 0. The molecule has 1 aromatic heterocycles. The fourth-order valence-electron chi connectivity index (χ4n) is 1.27. The van der Waals surface area contributed by atoms with Gasteiger partial charge in [0.25, 0.3) is 0 Å². The summed E-state index contributed by atoms with van der Waals surface area (Å²) in [5.74, 6) is -0.877. The van der Waals surface area contributed by atoms with Gasteiger partial charge in [-0.25, -0.2) is 9.78 Å². The topological polar surface area (TPSA) is 96.1 Å². The Morgan fingerprint density at radius 1 is 1.42 bits per heavy atom. The van der Waals surface area contributed by atoms with E-state index < -0.39 is 5.97 Å². The number of ether oxygens (including phenoxy) is 1. The molecule has 0 aliphatic rings. The zero-order valence-corrected chi connectivity index (χ0v) is 10.1. The van der Waals surface area contributed by atoms with Crippen LogP contribution in [0.4, 0.5) is 0 Å². The number of benzene rings is 1. The van der Waals surface area contributed by atoms with Crippen LogP contribution < -0.4 is 4.74 Å². The molecule has 6 nitrogen and oxygen atoms in total. The summed E-state index contributed by atoms with van der Waals surface area (Å²) in [5, 5.41) is 17.6. The molecular formula is C12H6ClN3O3. The Balaban J connectivity index is 2.28. The summed E-state index contributed by atoms with van der Waals surface area (Å²) in [6, 6.07) is 7.24. The predicted molar refractivity (Wildman–Crippen MR) is 65.2 cm³/mol. The molecule has 1 aromatic carbocycles. The van der Waals surface area contributed by atoms with E-state index in [1.165, 1.54) is 30.5 Å². The number of halogens is 1. The average molecular weight is 276 g/mol. The molecule has 0 fully saturated rings. The molecule has 0 bridgehead atoms. The van der Waals surface area contributed by atoms with Crippen LogP contribution in [-0.2, 0) is 0 Å². The second-order valence-electron chi connectivity index (χ2n) is 3.39. The zero-order valence-electron chi connectivity index (χ0n) is 9.37. The van der Waals surface area contributed by atoms with Crippen molar-refractivity contribution in [3.63, 3.8) is 0 Å². The summed E-state index contributed by atoms with van der Waals surface area (Å²) in [4.78, 5) is 18.4. The summed E-state index contributed by atoms with van der Waals surface area (Å²) < 4.78 is 5.29. The third-order valence-corrected chi connectivity index (χ3v) is 2.42. The molecule has 0 saturated carbocycles. The lowest BCUT2D eigenvalue weighted by molar-refractivity contribution is 0.0697. The van der Waals surface area contributed by atoms with E-state index in [-0.39, 0.29) is 28.0 Å². The van der Waals surface area contributed by atoms with Crippen LogP contribution in [0.5, 0.6) is 11.8 Å². The number of rotatable bonds is 3. The Labute approximate surface area is 112 Å². The number of aromatic nitrogens is 2. The van der Waals surface area contributed by atoms with Crippen molar-refractivity contribution in [3.05, 3.63) is 46.7 Å². The molecule has 0 saturated heterocycles. The molecular weight excluding hydrogens is 270 g/mol. The maximum atomic E-state index is 10.7. The molecule has 0 radical (unpaired) electrons. The fourth-order valence-corrected chi connectivity index (χ4v) is 1.49. The maximum absolute atomic E-state index is 10.7. The van der Waals surface area contributed by atoms with Gasteiger partial charge in [-0.3, -0.25) is 0 Å². The van der Waals surface area contributed by atoms with Crippen LogP contribution in [0, 0.1) is 11.3 Å². The Morgan fingerprint density at radius 2 is 2.21 bits per heavy atom. The molecule has 0 spiro atoms. The Morgan fingerprint density at radius 3 is 2.84 bits per heavy atom. The molecule has 1 heterocycles. The Kier molecular flexibility index (Phi) is 3.59. The number of hydrogen-bond donors (Lipinski definition) is 1. The van der Waals surface area contributed by atoms with E-state index >= 15 is 0 Å². The van der Waals surface area contributed by atoms with Crippen LogP contribution in [0.15, 0.2) is 30.5 Å². The summed E-state index contributed by atoms with van der Waals surface area (Å²) in [7, 11) is 0. The monoisotopic (exact) mass is 275 g/mol. The van der Waals surface area contributed by atoms with E-state index in [1.54, 1.807) is 0 Å². The predicted octanol–water partition coefficient (Wildman–Crippen LogP) is 2.49. The summed E-state index contributed by atoms with van der Waals surface area (Å²) in [5.41, 5.74) is 0.201. The van der Waals surface area contributed by atoms with E-state index in [1.807, 2.05) is 6.07 Å². The van der Waals surface area contributed by atoms with Crippen molar-refractivity contribution >= 4 is 17.6 Å². The number of carboxylic acid groups (broad SMARTS) is 1. The summed E-state index contributed by atoms with van der Waals surface area (Å²) >= 11 is 5.89. The Bertz CT molecular complexity index is 682. The van der Waals surface area contributed by atoms with E-state index in [2.05, 4.69) is 9.97 Å². The molecule has 2 aromatic rings. The second-order valence-corrected chi connectivity index (χ2v) is 3.80. The first-order chi connectivity index (χ1) is 9.10. The molecule has 0 aliphatic heterocycles. The highest BCUT2D eigenvalue weighted by molar-refractivity contribution is 6.32. The molecule has 7 heteroatoms. The lowest BCUT2D eigenvalue weighted by atomic mass is 10.2. The van der Waals surface area contributed by atoms with Crippen molar-refractivity contribution in [3.8, 4) is 17.8 Å². The minimum Gasteiger partial charge on any atom is -0.478 e. The SMILES string of the molecule is N#Cc1ccnc(Oc2ccc(C(=O)O)cc2Cl)n1. The van der Waals surface area contributed by atoms with Crippen molar-refractivity contribution in [2.45, 2.75) is 0 Å². The second kappa shape index (κ2) is 5.33. The zero-order chi connectivity index (χ0) is 13.8. The lowest BCUT2D eigenvalue weighted by Gasteiger charge is -2.06. The highest BCUT2D eigenvalue weighted by Gasteiger charge is 2.10. The van der Waals surface area contributed by atoms with E-state index in [9.17, 15) is 4.79 Å². The van der Waals surface area contributed by atoms with Crippen molar-refractivity contribution in [2.75, 3.05) is 0 Å². The molecule has 19 heavy (non-hydrogen) atoms. The van der Waals surface area contributed by atoms with Gasteiger partial charge in [-0.05, 0) is 24.3 Å². The van der Waals surface area contributed by atoms with Crippen molar-refractivity contribution < 1.29 is 14.6 Å². The highest BCUT2D eigenvalue weighted by atomic mass is 35.5. The van der Waals surface area contributed by atoms with Gasteiger partial charge in [-0.2, -0.15) is 10.2 Å². The molecule has 94 valence electrons. The molecule has 0 aliphatic carbocycles. The summed E-state index contributed by atoms with van der Waals surface area (Å²) in [6.07, 6.45) is 1.38. The van der Waals surface area contributed by atoms with Gasteiger partial charge in [0.2, 0.25) is 0 Å². The molecule has 0 unspecified atom stereocenters. The van der Waals surface area contributed by atoms with Crippen LogP contribution in [0.3, 0.4) is 0 Å². The first-order valence-electron chi connectivity index (χ1n) is 5.04. The van der Waals surface area contributed by atoms with Crippen LogP contribution in [0.2, 0.25) is 5.02 Å². The largest absolute Gasteiger partial charge is 0.478 e. The van der Waals surface area contributed by atoms with Crippen LogP contribution in [-0.4, -0.2) is 21.0 Å². The van der Waals surface area contributed by atoms with Crippen LogP contribution in [0.1, 0.15) is 16.1 Å². The van der Waals surface area contributed by atoms with Crippen LogP contribution >= 0.6 is 11.6 Å². The number of aromatic carboxylic acids is 1. The van der Waals surface area contributed by atoms with Gasteiger partial charge >= 0.3 is 12.0 Å². The number of hydrogen-bond acceptors (Lipinski definition) is 5. The highest BCUT2D eigenvalue weighted by Crippen LogP contribution is 2.28. The van der Waals surface area contributed by atoms with E-state index in [4.69, 9.17) is 26.7 Å². The third-order valence-electron chi connectivity index (χ3n) is 2.13. The van der Waals surface area contributed by atoms with Gasteiger partial charge in [0.1, 0.15) is 17.5 Å². The molecule has 2 rings (SSSR count). The average Bonchev–Trinajstić information content (AvgIpc) is 2.41. The standard InChI is InChI=1S/C12H6ClN3O3/c13-9-5-7(11(17)18)1-2-10(9)19-12-15-4-3-8(6-14)16-12/h1-5H,(H,17,18). The number of nitriles is 1. The molecule has 0 atom stereocenters. The minimum atomic E-state index is -1.09. The smallest absolute Gasteiger partial charge is 0.335 e. The fraction of sp³-hybridized carbons (Fsp3) is 0. The van der Waals surface area contributed by atoms with Gasteiger partial charge in [0, 0.05) is 6.20 Å².